The summed E-state index contributed by atoms with van der Waals surface area (Å²) in [7, 11) is 4.20. The van der Waals surface area contributed by atoms with Crippen LogP contribution >= 0.6 is 23.2 Å². The van der Waals surface area contributed by atoms with Gasteiger partial charge in [-0.1, -0.05) is 53.5 Å². The molecule has 0 bridgehead atoms. The number of benzene rings is 2. The maximum absolute atomic E-state index is 6.07. The van der Waals surface area contributed by atoms with Crippen LogP contribution in [0, 0.1) is 0 Å². The molecule has 146 valence electrons. The molecule has 0 aliphatic heterocycles. The Morgan fingerprint density at radius 1 is 0.679 bits per heavy atom. The molecule has 0 unspecified atom stereocenters. The zero-order valence-electron chi connectivity index (χ0n) is 16.3. The SMILES string of the molecule is CN(Cc1ccc(CN(C)Cc2cccc(Cl)c2)nc1)Cc1cccc(Cl)c1. The molecule has 1 heterocycles. The Morgan fingerprint density at radius 2 is 1.21 bits per heavy atom. The van der Waals surface area contributed by atoms with Crippen LogP contribution < -0.4 is 0 Å². The number of nitrogens with zero attached hydrogens (tertiary/aromatic N) is 3. The lowest BCUT2D eigenvalue weighted by molar-refractivity contribution is 0.312. The Labute approximate surface area is 177 Å². The summed E-state index contributed by atoms with van der Waals surface area (Å²) >= 11 is 12.1. The van der Waals surface area contributed by atoms with Gasteiger partial charge >= 0.3 is 0 Å². The largest absolute Gasteiger partial charge is 0.298 e. The molecule has 2 aromatic carbocycles. The molecule has 5 heteroatoms. The van der Waals surface area contributed by atoms with Gasteiger partial charge in [-0.25, -0.2) is 0 Å². The summed E-state index contributed by atoms with van der Waals surface area (Å²) in [5.74, 6) is 0. The van der Waals surface area contributed by atoms with E-state index in [0.717, 1.165) is 41.9 Å². The quantitative estimate of drug-likeness (QED) is 0.475. The van der Waals surface area contributed by atoms with Gasteiger partial charge in [-0.15, -0.1) is 0 Å². The van der Waals surface area contributed by atoms with Gasteiger partial charge in [-0.2, -0.15) is 0 Å². The molecule has 28 heavy (non-hydrogen) atoms. The van der Waals surface area contributed by atoms with E-state index in [0.29, 0.717) is 0 Å². The van der Waals surface area contributed by atoms with Gasteiger partial charge in [0.05, 0.1) is 5.69 Å². The lowest BCUT2D eigenvalue weighted by Crippen LogP contribution is -2.19. The smallest absolute Gasteiger partial charge is 0.0544 e. The van der Waals surface area contributed by atoms with Crippen LogP contribution in [0.1, 0.15) is 22.4 Å². The number of aromatic nitrogens is 1. The molecule has 1 aromatic heterocycles. The summed E-state index contributed by atoms with van der Waals surface area (Å²) in [6, 6.07) is 20.2. The predicted molar refractivity (Wildman–Crippen MR) is 117 cm³/mol. The fourth-order valence-corrected chi connectivity index (χ4v) is 3.66. The standard InChI is InChI=1S/C23H25Cl2N3/c1-27(14-18-5-3-7-21(24)11-18)16-20-9-10-23(26-13-20)17-28(2)15-19-6-4-8-22(25)12-19/h3-13H,14-17H2,1-2H3. The van der Waals surface area contributed by atoms with Crippen LogP contribution in [0.3, 0.4) is 0 Å². The number of hydrogen-bond donors (Lipinski definition) is 0. The third kappa shape index (κ3) is 6.61. The molecule has 0 aliphatic carbocycles. The number of rotatable bonds is 8. The molecular weight excluding hydrogens is 389 g/mol. The minimum Gasteiger partial charge on any atom is -0.298 e. The Balaban J connectivity index is 1.51. The fourth-order valence-electron chi connectivity index (χ4n) is 3.24. The first-order valence-corrected chi connectivity index (χ1v) is 10.0. The van der Waals surface area contributed by atoms with Crippen LogP contribution in [-0.4, -0.2) is 28.9 Å². The third-order valence-corrected chi connectivity index (χ3v) is 4.92. The second kappa shape index (κ2) is 10.0. The summed E-state index contributed by atoms with van der Waals surface area (Å²) in [5.41, 5.74) is 4.67. The zero-order chi connectivity index (χ0) is 19.9. The highest BCUT2D eigenvalue weighted by molar-refractivity contribution is 6.30. The maximum Gasteiger partial charge on any atom is 0.0544 e. The minimum atomic E-state index is 0.773. The first kappa shape index (κ1) is 20.8. The first-order valence-electron chi connectivity index (χ1n) is 9.28. The highest BCUT2D eigenvalue weighted by Crippen LogP contribution is 2.15. The topological polar surface area (TPSA) is 19.4 Å². The van der Waals surface area contributed by atoms with Gasteiger partial charge in [0, 0.05) is 42.4 Å². The van der Waals surface area contributed by atoms with E-state index in [9.17, 15) is 0 Å². The van der Waals surface area contributed by atoms with Gasteiger partial charge in [0.1, 0.15) is 0 Å². The molecule has 3 rings (SSSR count). The Morgan fingerprint density at radius 3 is 1.71 bits per heavy atom. The van der Waals surface area contributed by atoms with Crippen LogP contribution in [0.5, 0.6) is 0 Å². The molecule has 0 amide bonds. The van der Waals surface area contributed by atoms with E-state index in [-0.39, 0.29) is 0 Å². The normalized spacial score (nSPS) is 11.4. The van der Waals surface area contributed by atoms with Gasteiger partial charge in [-0.05, 0) is 61.1 Å². The maximum atomic E-state index is 6.07. The van der Waals surface area contributed by atoms with Crippen LogP contribution in [0.15, 0.2) is 66.9 Å². The van der Waals surface area contributed by atoms with Gasteiger partial charge in [0.25, 0.3) is 0 Å². The van der Waals surface area contributed by atoms with E-state index < -0.39 is 0 Å². The summed E-state index contributed by atoms with van der Waals surface area (Å²) in [6.07, 6.45) is 1.97. The van der Waals surface area contributed by atoms with E-state index in [1.165, 1.54) is 16.7 Å². The summed E-state index contributed by atoms with van der Waals surface area (Å²) in [4.78, 5) is 9.13. The van der Waals surface area contributed by atoms with Gasteiger partial charge in [0.15, 0.2) is 0 Å². The number of halogens is 2. The van der Waals surface area contributed by atoms with E-state index in [4.69, 9.17) is 23.2 Å². The predicted octanol–water partition coefficient (Wildman–Crippen LogP) is 5.65. The van der Waals surface area contributed by atoms with Crippen molar-refractivity contribution in [3.05, 3.63) is 99.3 Å². The van der Waals surface area contributed by atoms with Crippen LogP contribution in [0.2, 0.25) is 10.0 Å². The molecule has 0 N–H and O–H groups in total. The summed E-state index contributed by atoms with van der Waals surface area (Å²) in [6.45, 7) is 3.33. The van der Waals surface area contributed by atoms with E-state index >= 15 is 0 Å². The van der Waals surface area contributed by atoms with Crippen molar-refractivity contribution in [2.24, 2.45) is 0 Å². The van der Waals surface area contributed by atoms with Crippen molar-refractivity contribution in [1.82, 2.24) is 14.8 Å². The highest BCUT2D eigenvalue weighted by Gasteiger charge is 2.06. The van der Waals surface area contributed by atoms with Crippen molar-refractivity contribution < 1.29 is 0 Å². The summed E-state index contributed by atoms with van der Waals surface area (Å²) in [5, 5.41) is 1.55. The first-order chi connectivity index (χ1) is 13.5. The molecule has 0 saturated carbocycles. The van der Waals surface area contributed by atoms with Gasteiger partial charge < -0.3 is 0 Å². The van der Waals surface area contributed by atoms with Crippen molar-refractivity contribution >= 4 is 23.2 Å². The Hall–Kier alpha value is -1.91. The monoisotopic (exact) mass is 413 g/mol. The van der Waals surface area contributed by atoms with Crippen molar-refractivity contribution in [1.29, 1.82) is 0 Å². The van der Waals surface area contributed by atoms with Crippen molar-refractivity contribution in [2.75, 3.05) is 14.1 Å². The van der Waals surface area contributed by atoms with Crippen LogP contribution in [0.4, 0.5) is 0 Å². The lowest BCUT2D eigenvalue weighted by atomic mass is 10.2. The lowest BCUT2D eigenvalue weighted by Gasteiger charge is -2.18. The molecule has 0 radical (unpaired) electrons. The van der Waals surface area contributed by atoms with E-state index in [1.54, 1.807) is 0 Å². The highest BCUT2D eigenvalue weighted by atomic mass is 35.5. The Bertz CT molecular complexity index is 822. The molecular formula is C23H25Cl2N3. The van der Waals surface area contributed by atoms with Crippen LogP contribution in [0.25, 0.3) is 0 Å². The molecule has 0 saturated heterocycles. The van der Waals surface area contributed by atoms with Crippen molar-refractivity contribution in [3.8, 4) is 0 Å². The second-order valence-corrected chi connectivity index (χ2v) is 8.14. The Kier molecular flexibility index (Phi) is 7.46. The second-order valence-electron chi connectivity index (χ2n) is 7.26. The average Bonchev–Trinajstić information content (AvgIpc) is 2.63. The van der Waals surface area contributed by atoms with Crippen molar-refractivity contribution in [2.45, 2.75) is 26.2 Å². The minimum absolute atomic E-state index is 0.773. The zero-order valence-corrected chi connectivity index (χ0v) is 17.8. The molecule has 0 fully saturated rings. The van der Waals surface area contributed by atoms with Gasteiger partial charge in [0.2, 0.25) is 0 Å². The van der Waals surface area contributed by atoms with Gasteiger partial charge in [-0.3, -0.25) is 14.8 Å². The van der Waals surface area contributed by atoms with E-state index in [1.807, 2.05) is 42.6 Å². The molecule has 3 nitrogen and oxygen atoms in total. The molecule has 3 aromatic rings. The van der Waals surface area contributed by atoms with Crippen molar-refractivity contribution in [3.63, 3.8) is 0 Å². The molecule has 0 spiro atoms. The number of pyridine rings is 1. The summed E-state index contributed by atoms with van der Waals surface area (Å²) < 4.78 is 0. The third-order valence-electron chi connectivity index (χ3n) is 4.45. The van der Waals surface area contributed by atoms with E-state index in [2.05, 4.69) is 53.1 Å². The molecule has 0 aliphatic rings. The van der Waals surface area contributed by atoms with Crippen LogP contribution in [-0.2, 0) is 26.2 Å². The molecule has 0 atom stereocenters. The number of hydrogen-bond acceptors (Lipinski definition) is 3. The fraction of sp³-hybridized carbons (Fsp3) is 0.261. The average molecular weight is 414 g/mol.